The fourth-order valence-electron chi connectivity index (χ4n) is 7.51. The van der Waals surface area contributed by atoms with Gasteiger partial charge in [-0.05, 0) is 89.0 Å². The average molecular weight is 503 g/mol. The van der Waals surface area contributed by atoms with E-state index in [0.29, 0.717) is 30.1 Å². The van der Waals surface area contributed by atoms with Gasteiger partial charge in [-0.15, -0.1) is 0 Å². The van der Waals surface area contributed by atoms with Crippen LogP contribution in [-0.2, 0) is 4.74 Å². The maximum absolute atomic E-state index is 10.5. The number of hydrogen-bond donors (Lipinski definition) is 1. The molecule has 8 nitrogen and oxygen atoms in total. The minimum atomic E-state index is -0.527. The van der Waals surface area contributed by atoms with Crippen LogP contribution < -0.4 is 4.90 Å². The van der Waals surface area contributed by atoms with E-state index in [-0.39, 0.29) is 0 Å². The summed E-state index contributed by atoms with van der Waals surface area (Å²) in [6.45, 7) is 11.3. The zero-order chi connectivity index (χ0) is 25.5. The lowest BCUT2D eigenvalue weighted by atomic mass is 9.76. The molecule has 2 aromatic heterocycles. The number of likely N-dealkylation sites (tertiary alicyclic amines) is 1. The number of rotatable bonds is 4. The Morgan fingerprint density at radius 3 is 2.49 bits per heavy atom. The van der Waals surface area contributed by atoms with Gasteiger partial charge in [0.1, 0.15) is 11.6 Å². The fourth-order valence-corrected chi connectivity index (χ4v) is 7.51. The Hall–Kier alpha value is -2.55. The molecule has 1 aliphatic carbocycles. The first-order chi connectivity index (χ1) is 17.8. The Bertz CT molecular complexity index is 1340. The molecule has 8 heteroatoms. The van der Waals surface area contributed by atoms with Crippen LogP contribution in [0.2, 0.25) is 0 Å². The molecule has 3 unspecified atom stereocenters. The van der Waals surface area contributed by atoms with Crippen LogP contribution in [-0.4, -0.2) is 79.3 Å². The third-order valence-corrected chi connectivity index (χ3v) is 9.59. The first kappa shape index (κ1) is 23.6. The lowest BCUT2D eigenvalue weighted by molar-refractivity contribution is -0.0834. The van der Waals surface area contributed by atoms with Crippen molar-refractivity contribution in [3.8, 4) is 5.82 Å². The first-order valence-corrected chi connectivity index (χ1v) is 14.0. The number of fused-ring (bicyclic) bond motifs is 3. The van der Waals surface area contributed by atoms with Gasteiger partial charge in [0.2, 0.25) is 0 Å². The number of aliphatic hydroxyl groups is 1. The molecule has 5 heterocycles. The van der Waals surface area contributed by atoms with E-state index in [0.717, 1.165) is 73.8 Å². The SMILES string of the molecule is Cc1nc(N2CC3CC2C(C)N3C2COC2)cc(-n2ncc3cc(C)c([C@H]4CC[C@](C)(O)CC4)cc32)n1. The zero-order valence-electron chi connectivity index (χ0n) is 22.4. The first-order valence-electron chi connectivity index (χ1n) is 14.0. The van der Waals surface area contributed by atoms with Gasteiger partial charge < -0.3 is 14.7 Å². The summed E-state index contributed by atoms with van der Waals surface area (Å²) in [5.41, 5.74) is 3.25. The minimum absolute atomic E-state index is 0.472. The standard InChI is InChI=1S/C29H38N6O2/c1-17-9-21-13-30-35(26(21)11-24(17)20-5-7-29(4,36)8-6-20)28-12-27(31-19(3)32-28)33-14-22-10-25(33)18(2)34(22)23-15-37-16-23/h9,11-13,18,20,22-23,25,36H,5-8,10,14-16H2,1-4H3/t18?,20-,22?,25?,29-. The van der Waals surface area contributed by atoms with Crippen molar-refractivity contribution in [3.05, 3.63) is 41.3 Å². The second kappa shape index (κ2) is 8.48. The van der Waals surface area contributed by atoms with Gasteiger partial charge in [0.15, 0.2) is 5.82 Å². The molecule has 1 saturated carbocycles. The molecule has 7 rings (SSSR count). The van der Waals surface area contributed by atoms with Crippen molar-refractivity contribution in [1.29, 1.82) is 0 Å². The van der Waals surface area contributed by atoms with Gasteiger partial charge in [0, 0.05) is 36.1 Å². The molecule has 0 amide bonds. The average Bonchev–Trinajstić information content (AvgIpc) is 3.51. The molecule has 0 radical (unpaired) electrons. The fraction of sp³-hybridized carbons (Fsp3) is 0.621. The van der Waals surface area contributed by atoms with Gasteiger partial charge in [-0.2, -0.15) is 5.10 Å². The lowest BCUT2D eigenvalue weighted by Gasteiger charge is -2.46. The predicted molar refractivity (Wildman–Crippen MR) is 143 cm³/mol. The van der Waals surface area contributed by atoms with Gasteiger partial charge in [-0.25, -0.2) is 14.6 Å². The number of benzene rings is 1. The van der Waals surface area contributed by atoms with Gasteiger partial charge in [-0.1, -0.05) is 0 Å². The van der Waals surface area contributed by atoms with Gasteiger partial charge in [-0.3, -0.25) is 4.90 Å². The van der Waals surface area contributed by atoms with Crippen molar-refractivity contribution < 1.29 is 9.84 Å². The summed E-state index contributed by atoms with van der Waals surface area (Å²) >= 11 is 0. The topological polar surface area (TPSA) is 79.5 Å². The molecule has 37 heavy (non-hydrogen) atoms. The third-order valence-electron chi connectivity index (χ3n) is 9.59. The van der Waals surface area contributed by atoms with Gasteiger partial charge in [0.25, 0.3) is 0 Å². The highest BCUT2D eigenvalue weighted by atomic mass is 16.5. The quantitative estimate of drug-likeness (QED) is 0.580. The molecule has 2 bridgehead atoms. The molecular formula is C29H38N6O2. The number of anilines is 1. The van der Waals surface area contributed by atoms with E-state index in [2.05, 4.69) is 41.8 Å². The highest BCUT2D eigenvalue weighted by molar-refractivity contribution is 5.82. The Labute approximate surface area is 218 Å². The summed E-state index contributed by atoms with van der Waals surface area (Å²) in [5.74, 6) is 3.09. The van der Waals surface area contributed by atoms with Crippen molar-refractivity contribution in [3.63, 3.8) is 0 Å². The van der Waals surface area contributed by atoms with Crippen molar-refractivity contribution in [2.24, 2.45) is 0 Å². The highest BCUT2D eigenvalue weighted by Crippen LogP contribution is 2.42. The summed E-state index contributed by atoms with van der Waals surface area (Å²) in [4.78, 5) is 14.9. The van der Waals surface area contributed by atoms with Crippen molar-refractivity contribution >= 4 is 16.7 Å². The monoisotopic (exact) mass is 502 g/mol. The van der Waals surface area contributed by atoms with Crippen molar-refractivity contribution in [2.45, 2.75) is 95.5 Å². The van der Waals surface area contributed by atoms with E-state index in [1.165, 1.54) is 17.5 Å². The number of piperazine rings is 1. The number of ether oxygens (including phenoxy) is 1. The molecule has 3 atom stereocenters. The largest absolute Gasteiger partial charge is 0.390 e. The number of aromatic nitrogens is 4. The smallest absolute Gasteiger partial charge is 0.159 e. The molecule has 1 aromatic carbocycles. The molecule has 0 spiro atoms. The van der Waals surface area contributed by atoms with Crippen LogP contribution in [0.4, 0.5) is 5.82 Å². The van der Waals surface area contributed by atoms with Crippen molar-refractivity contribution in [1.82, 2.24) is 24.6 Å². The second-order valence-corrected chi connectivity index (χ2v) is 12.2. The summed E-state index contributed by atoms with van der Waals surface area (Å²) in [5, 5.41) is 16.4. The molecule has 4 aliphatic rings. The molecular weight excluding hydrogens is 464 g/mol. The van der Waals surface area contributed by atoms with E-state index in [9.17, 15) is 5.11 Å². The van der Waals surface area contributed by atoms with E-state index < -0.39 is 5.60 Å². The summed E-state index contributed by atoms with van der Waals surface area (Å²) in [6, 6.07) is 8.83. The third kappa shape index (κ3) is 3.87. The number of nitrogens with zero attached hydrogens (tertiary/aromatic N) is 6. The van der Waals surface area contributed by atoms with Crippen LogP contribution >= 0.6 is 0 Å². The molecule has 3 saturated heterocycles. The maximum Gasteiger partial charge on any atom is 0.159 e. The Kier molecular flexibility index (Phi) is 5.40. The molecule has 3 aliphatic heterocycles. The summed E-state index contributed by atoms with van der Waals surface area (Å²) < 4.78 is 7.48. The van der Waals surface area contributed by atoms with E-state index in [1.54, 1.807) is 0 Å². The van der Waals surface area contributed by atoms with Gasteiger partial charge in [0.05, 0.1) is 36.6 Å². The lowest BCUT2D eigenvalue weighted by Crippen LogP contribution is -2.60. The normalized spacial score (nSPS) is 32.4. The number of hydrogen-bond acceptors (Lipinski definition) is 7. The van der Waals surface area contributed by atoms with E-state index >= 15 is 0 Å². The van der Waals surface area contributed by atoms with E-state index in [1.807, 2.05) is 24.7 Å². The Morgan fingerprint density at radius 2 is 1.78 bits per heavy atom. The zero-order valence-corrected chi connectivity index (χ0v) is 22.4. The van der Waals surface area contributed by atoms with Crippen LogP contribution in [0.5, 0.6) is 0 Å². The molecule has 4 fully saturated rings. The molecule has 1 N–H and O–H groups in total. The maximum atomic E-state index is 10.5. The van der Waals surface area contributed by atoms with Crippen LogP contribution in [0.15, 0.2) is 24.4 Å². The van der Waals surface area contributed by atoms with Crippen LogP contribution in [0, 0.1) is 13.8 Å². The summed E-state index contributed by atoms with van der Waals surface area (Å²) in [7, 11) is 0. The van der Waals surface area contributed by atoms with E-state index in [4.69, 9.17) is 19.8 Å². The minimum Gasteiger partial charge on any atom is -0.390 e. The Morgan fingerprint density at radius 1 is 1.03 bits per heavy atom. The second-order valence-electron chi connectivity index (χ2n) is 12.2. The summed E-state index contributed by atoms with van der Waals surface area (Å²) in [6.07, 6.45) is 6.88. The molecule has 196 valence electrons. The van der Waals surface area contributed by atoms with Crippen molar-refractivity contribution in [2.75, 3.05) is 24.7 Å². The Balaban J connectivity index is 1.21. The number of aryl methyl sites for hydroxylation is 2. The molecule has 3 aromatic rings. The van der Waals surface area contributed by atoms with Crippen LogP contribution in [0.25, 0.3) is 16.7 Å². The predicted octanol–water partition coefficient (Wildman–Crippen LogP) is 3.89. The van der Waals surface area contributed by atoms with Crippen LogP contribution in [0.1, 0.15) is 68.8 Å². The van der Waals surface area contributed by atoms with Crippen LogP contribution in [0.3, 0.4) is 0 Å². The van der Waals surface area contributed by atoms with Gasteiger partial charge >= 0.3 is 0 Å². The highest BCUT2D eigenvalue weighted by Gasteiger charge is 2.52.